The molecule has 0 bridgehead atoms. The second-order valence-electron chi connectivity index (χ2n) is 9.56. The van der Waals surface area contributed by atoms with Gasteiger partial charge < -0.3 is 9.32 Å². The molecule has 0 saturated carbocycles. The molecule has 5 aromatic rings. The van der Waals surface area contributed by atoms with Crippen LogP contribution in [-0.2, 0) is 0 Å². The zero-order valence-corrected chi connectivity index (χ0v) is 21.2. The molecule has 0 spiro atoms. The lowest BCUT2D eigenvalue weighted by Gasteiger charge is -2.40. The number of hydrogen-bond acceptors (Lipinski definition) is 7. The molecule has 0 aliphatic carbocycles. The Morgan fingerprint density at radius 1 is 0.789 bits per heavy atom. The lowest BCUT2D eigenvalue weighted by atomic mass is 9.96. The Balaban J connectivity index is 1.24. The van der Waals surface area contributed by atoms with E-state index in [4.69, 9.17) is 14.4 Å². The molecule has 3 aromatic carbocycles. The number of oxazole rings is 1. The fourth-order valence-electron chi connectivity index (χ4n) is 5.19. The molecule has 0 radical (unpaired) electrons. The quantitative estimate of drug-likeness (QED) is 0.305. The highest BCUT2D eigenvalue weighted by atomic mass is 16.3. The van der Waals surface area contributed by atoms with Gasteiger partial charge in [-0.3, -0.25) is 4.90 Å². The molecule has 1 aliphatic heterocycles. The highest BCUT2D eigenvalue weighted by Gasteiger charge is 2.29. The van der Waals surface area contributed by atoms with Gasteiger partial charge in [0.1, 0.15) is 5.52 Å². The molecule has 6 rings (SSSR count). The van der Waals surface area contributed by atoms with Gasteiger partial charge in [-0.2, -0.15) is 5.26 Å². The number of anilines is 1. The zero-order chi connectivity index (χ0) is 25.9. The first-order chi connectivity index (χ1) is 18.7. The number of piperazine rings is 1. The first-order valence-corrected chi connectivity index (χ1v) is 12.9. The monoisotopic (exact) mass is 500 g/mol. The third-order valence-electron chi connectivity index (χ3n) is 7.04. The minimum absolute atomic E-state index is 0.190. The summed E-state index contributed by atoms with van der Waals surface area (Å²) >= 11 is 0. The van der Waals surface area contributed by atoms with E-state index in [0.29, 0.717) is 23.1 Å². The van der Waals surface area contributed by atoms with Crippen LogP contribution >= 0.6 is 0 Å². The minimum atomic E-state index is -0.704. The first-order valence-electron chi connectivity index (χ1n) is 12.9. The van der Waals surface area contributed by atoms with Crippen LogP contribution in [0.25, 0.3) is 11.1 Å². The molecule has 188 valence electrons. The Kier molecular flexibility index (Phi) is 6.55. The van der Waals surface area contributed by atoms with Crippen LogP contribution in [-0.4, -0.2) is 46.0 Å². The first kappa shape index (κ1) is 23.8. The van der Waals surface area contributed by atoms with Crippen LogP contribution in [0, 0.1) is 18.3 Å². The fourth-order valence-corrected chi connectivity index (χ4v) is 5.19. The minimum Gasteiger partial charge on any atom is -0.439 e. The maximum absolute atomic E-state index is 10.0. The highest BCUT2D eigenvalue weighted by molar-refractivity contribution is 5.72. The van der Waals surface area contributed by atoms with E-state index in [1.165, 1.54) is 11.1 Å². The molecule has 2 aromatic heterocycles. The fraction of sp³-hybridized carbons (Fsp3) is 0.226. The van der Waals surface area contributed by atoms with Crippen molar-refractivity contribution in [1.82, 2.24) is 19.9 Å². The average Bonchev–Trinajstić information content (AvgIpc) is 3.39. The summed E-state index contributed by atoms with van der Waals surface area (Å²) in [5.74, 6) is 0.299. The largest absolute Gasteiger partial charge is 0.439 e. The number of rotatable bonds is 6. The highest BCUT2D eigenvalue weighted by Crippen LogP contribution is 2.31. The lowest BCUT2D eigenvalue weighted by molar-refractivity contribution is 0.211. The molecule has 0 unspecified atom stereocenters. The molecule has 1 atom stereocenters. The lowest BCUT2D eigenvalue weighted by Crippen LogP contribution is -2.48. The van der Waals surface area contributed by atoms with Crippen molar-refractivity contribution in [2.24, 2.45) is 0 Å². The van der Waals surface area contributed by atoms with Crippen LogP contribution in [0.2, 0.25) is 0 Å². The van der Waals surface area contributed by atoms with Crippen molar-refractivity contribution < 1.29 is 4.42 Å². The van der Waals surface area contributed by atoms with Gasteiger partial charge in [0, 0.05) is 31.9 Å². The number of benzene rings is 3. The normalized spacial score (nSPS) is 15.0. The van der Waals surface area contributed by atoms with Gasteiger partial charge in [0.2, 0.25) is 11.8 Å². The number of aryl methyl sites for hydroxylation is 1. The van der Waals surface area contributed by atoms with Gasteiger partial charge in [-0.1, -0.05) is 72.8 Å². The van der Waals surface area contributed by atoms with E-state index in [9.17, 15) is 5.26 Å². The van der Waals surface area contributed by atoms with Gasteiger partial charge in [-0.15, -0.1) is 0 Å². The van der Waals surface area contributed by atoms with Crippen molar-refractivity contribution in [1.29, 1.82) is 5.26 Å². The maximum atomic E-state index is 10.0. The molecule has 7 heteroatoms. The summed E-state index contributed by atoms with van der Waals surface area (Å²) in [4.78, 5) is 18.8. The second kappa shape index (κ2) is 10.4. The number of nitriles is 1. The Morgan fingerprint density at radius 3 is 2.05 bits per heavy atom. The van der Waals surface area contributed by atoms with E-state index in [-0.39, 0.29) is 6.04 Å². The Bertz CT molecular complexity index is 1500. The molecule has 7 nitrogen and oxygen atoms in total. The molecule has 1 saturated heterocycles. The van der Waals surface area contributed by atoms with Crippen LogP contribution in [0.1, 0.15) is 40.4 Å². The standard InChI is InChI=1S/C31H28N6O/c1-22-20-27(25(21-32)30-34-26-14-8-9-15-28(26)38-30)35-31(33-22)37-18-16-36(17-19-37)29(23-10-4-2-5-11-23)24-12-6-3-7-13-24/h2-15,20,25,29H,16-19H2,1H3/t25-/m1/s1. The Morgan fingerprint density at radius 2 is 1.42 bits per heavy atom. The Hall–Kier alpha value is -4.54. The molecule has 1 fully saturated rings. The third-order valence-corrected chi connectivity index (χ3v) is 7.04. The predicted molar refractivity (Wildman–Crippen MR) is 147 cm³/mol. The number of para-hydroxylation sites is 2. The number of nitrogens with zero attached hydrogens (tertiary/aromatic N) is 6. The summed E-state index contributed by atoms with van der Waals surface area (Å²) in [7, 11) is 0. The van der Waals surface area contributed by atoms with Crippen molar-refractivity contribution in [3.63, 3.8) is 0 Å². The second-order valence-corrected chi connectivity index (χ2v) is 9.56. The molecule has 3 heterocycles. The SMILES string of the molecule is Cc1cc([C@@H](C#N)c2nc3ccccc3o2)nc(N2CCN(C(c3ccccc3)c3ccccc3)CC2)n1. The molecule has 0 N–H and O–H groups in total. The average molecular weight is 501 g/mol. The van der Waals surface area contributed by atoms with Gasteiger partial charge in [-0.05, 0) is 36.2 Å². The van der Waals surface area contributed by atoms with Crippen molar-refractivity contribution in [3.05, 3.63) is 119 Å². The van der Waals surface area contributed by atoms with E-state index in [2.05, 4.69) is 81.5 Å². The number of hydrogen-bond donors (Lipinski definition) is 0. The van der Waals surface area contributed by atoms with Gasteiger partial charge in [0.15, 0.2) is 11.5 Å². The number of fused-ring (bicyclic) bond motifs is 1. The summed E-state index contributed by atoms with van der Waals surface area (Å²) in [6, 6.07) is 33.3. The van der Waals surface area contributed by atoms with Crippen LogP contribution in [0.15, 0.2) is 95.4 Å². The van der Waals surface area contributed by atoms with Crippen molar-refractivity contribution in [2.75, 3.05) is 31.1 Å². The number of aromatic nitrogens is 3. The van der Waals surface area contributed by atoms with Crippen LogP contribution < -0.4 is 4.90 Å². The summed E-state index contributed by atoms with van der Waals surface area (Å²) in [5, 5.41) is 10.0. The molecule has 0 amide bonds. The van der Waals surface area contributed by atoms with E-state index >= 15 is 0 Å². The van der Waals surface area contributed by atoms with Crippen LogP contribution in [0.4, 0.5) is 5.95 Å². The van der Waals surface area contributed by atoms with Crippen molar-refractivity contribution in [2.45, 2.75) is 18.9 Å². The summed E-state index contributed by atoms with van der Waals surface area (Å²) in [6.07, 6.45) is 0. The van der Waals surface area contributed by atoms with Gasteiger partial charge in [-0.25, -0.2) is 15.0 Å². The van der Waals surface area contributed by atoms with Gasteiger partial charge in [0.25, 0.3) is 0 Å². The van der Waals surface area contributed by atoms with Crippen molar-refractivity contribution in [3.8, 4) is 6.07 Å². The van der Waals surface area contributed by atoms with Gasteiger partial charge >= 0.3 is 0 Å². The maximum Gasteiger partial charge on any atom is 0.225 e. The van der Waals surface area contributed by atoms with Gasteiger partial charge in [0.05, 0.1) is 17.8 Å². The molecule has 38 heavy (non-hydrogen) atoms. The summed E-state index contributed by atoms with van der Waals surface area (Å²) in [6.45, 7) is 5.26. The smallest absolute Gasteiger partial charge is 0.225 e. The van der Waals surface area contributed by atoms with E-state index in [1.807, 2.05) is 37.3 Å². The van der Waals surface area contributed by atoms with Crippen LogP contribution in [0.3, 0.4) is 0 Å². The Labute approximate surface area is 222 Å². The zero-order valence-electron chi connectivity index (χ0n) is 21.2. The van der Waals surface area contributed by atoms with E-state index < -0.39 is 5.92 Å². The third kappa shape index (κ3) is 4.74. The summed E-state index contributed by atoms with van der Waals surface area (Å²) < 4.78 is 5.91. The topological polar surface area (TPSA) is 82.1 Å². The van der Waals surface area contributed by atoms with E-state index in [1.54, 1.807) is 0 Å². The van der Waals surface area contributed by atoms with Crippen LogP contribution in [0.5, 0.6) is 0 Å². The molecule has 1 aliphatic rings. The predicted octanol–water partition coefficient (Wildman–Crippen LogP) is 5.49. The molecular weight excluding hydrogens is 472 g/mol. The summed E-state index contributed by atoms with van der Waals surface area (Å²) in [5.41, 5.74) is 5.39. The van der Waals surface area contributed by atoms with E-state index in [0.717, 1.165) is 37.4 Å². The molecular formula is C31H28N6O. The van der Waals surface area contributed by atoms with Crippen molar-refractivity contribution >= 4 is 17.0 Å².